The molecule has 1 atom stereocenters. The van der Waals surface area contributed by atoms with Crippen LogP contribution in [0, 0.1) is 0 Å². The Labute approximate surface area is 126 Å². The van der Waals surface area contributed by atoms with Gasteiger partial charge in [-0.15, -0.1) is 0 Å². The van der Waals surface area contributed by atoms with Crippen LogP contribution < -0.4 is 4.74 Å². The van der Waals surface area contributed by atoms with Crippen molar-refractivity contribution in [3.63, 3.8) is 0 Å². The van der Waals surface area contributed by atoms with Gasteiger partial charge in [0.25, 0.3) is 0 Å². The Morgan fingerprint density at radius 2 is 1.68 bits per heavy atom. The molecule has 1 unspecified atom stereocenters. The molecular weight excluding hydrogens is 303 g/mol. The van der Waals surface area contributed by atoms with E-state index in [1.807, 2.05) is 36.4 Å². The van der Waals surface area contributed by atoms with E-state index in [4.69, 9.17) is 39.5 Å². The van der Waals surface area contributed by atoms with E-state index >= 15 is 0 Å². The van der Waals surface area contributed by atoms with Crippen molar-refractivity contribution in [3.8, 4) is 5.75 Å². The summed E-state index contributed by atoms with van der Waals surface area (Å²) in [6.07, 6.45) is 1.62. The van der Waals surface area contributed by atoms with Crippen LogP contribution in [0.2, 0.25) is 10.0 Å². The molecule has 0 N–H and O–H groups in total. The van der Waals surface area contributed by atoms with Gasteiger partial charge >= 0.3 is 0 Å². The smallest absolute Gasteiger partial charge is 0.148 e. The Hall–Kier alpha value is -1.15. The van der Waals surface area contributed by atoms with Gasteiger partial charge in [0, 0.05) is 10.6 Å². The molecule has 19 heavy (non-hydrogen) atoms. The standard InChI is InChI=1S/C15H9Cl3O/c16-10-6-11-12(17)8-14(9-4-2-1-3-5-9)19-15(11)13(18)7-10/h1-8,14H. The van der Waals surface area contributed by atoms with Gasteiger partial charge in [-0.1, -0.05) is 65.1 Å². The van der Waals surface area contributed by atoms with Gasteiger partial charge in [-0.05, 0) is 23.8 Å². The van der Waals surface area contributed by atoms with E-state index in [9.17, 15) is 0 Å². The topological polar surface area (TPSA) is 9.23 Å². The molecule has 0 spiro atoms. The highest BCUT2D eigenvalue weighted by Gasteiger charge is 2.23. The summed E-state index contributed by atoms with van der Waals surface area (Å²) in [4.78, 5) is 0. The van der Waals surface area contributed by atoms with Gasteiger partial charge in [0.15, 0.2) is 0 Å². The lowest BCUT2D eigenvalue weighted by atomic mass is 10.0. The zero-order valence-corrected chi connectivity index (χ0v) is 12.0. The number of halogens is 3. The molecule has 1 nitrogen and oxygen atoms in total. The minimum atomic E-state index is -0.236. The minimum absolute atomic E-state index is 0.236. The van der Waals surface area contributed by atoms with Crippen molar-refractivity contribution in [2.75, 3.05) is 0 Å². The maximum absolute atomic E-state index is 6.30. The average Bonchev–Trinajstić information content (AvgIpc) is 2.41. The molecule has 4 heteroatoms. The quantitative estimate of drug-likeness (QED) is 0.655. The summed E-state index contributed by atoms with van der Waals surface area (Å²) < 4.78 is 5.92. The lowest BCUT2D eigenvalue weighted by molar-refractivity contribution is 0.251. The van der Waals surface area contributed by atoms with E-state index in [0.717, 1.165) is 11.1 Å². The molecule has 96 valence electrons. The van der Waals surface area contributed by atoms with E-state index in [2.05, 4.69) is 0 Å². The molecule has 3 rings (SSSR count). The second-order valence-electron chi connectivity index (χ2n) is 4.23. The van der Waals surface area contributed by atoms with Crippen molar-refractivity contribution in [2.24, 2.45) is 0 Å². The molecule has 1 heterocycles. The number of hydrogen-bond donors (Lipinski definition) is 0. The van der Waals surface area contributed by atoms with Crippen LogP contribution in [0.15, 0.2) is 48.5 Å². The Bertz CT molecular complexity index is 650. The summed E-state index contributed by atoms with van der Waals surface area (Å²) >= 11 is 18.4. The molecule has 0 radical (unpaired) electrons. The van der Waals surface area contributed by atoms with Crippen LogP contribution in [-0.4, -0.2) is 0 Å². The summed E-state index contributed by atoms with van der Waals surface area (Å²) in [6, 6.07) is 13.2. The predicted molar refractivity (Wildman–Crippen MR) is 80.1 cm³/mol. The first-order chi connectivity index (χ1) is 9.15. The summed E-state index contributed by atoms with van der Waals surface area (Å²) in [5.74, 6) is 0.576. The SMILES string of the molecule is ClC1=CC(c2ccccc2)Oc2c(Cl)cc(Cl)cc21. The second kappa shape index (κ2) is 5.09. The van der Waals surface area contributed by atoms with Crippen LogP contribution in [0.4, 0.5) is 0 Å². The fourth-order valence-corrected chi connectivity index (χ4v) is 2.84. The highest BCUT2D eigenvalue weighted by molar-refractivity contribution is 6.50. The molecular formula is C15H9Cl3O. The van der Waals surface area contributed by atoms with Gasteiger partial charge in [0.2, 0.25) is 0 Å². The normalized spacial score (nSPS) is 17.4. The largest absolute Gasteiger partial charge is 0.479 e. The van der Waals surface area contributed by atoms with Crippen LogP contribution in [0.5, 0.6) is 5.75 Å². The van der Waals surface area contributed by atoms with Gasteiger partial charge in [0.1, 0.15) is 11.9 Å². The number of benzene rings is 2. The molecule has 0 saturated heterocycles. The van der Waals surface area contributed by atoms with E-state index in [-0.39, 0.29) is 6.10 Å². The van der Waals surface area contributed by atoms with Crippen LogP contribution in [-0.2, 0) is 0 Å². The van der Waals surface area contributed by atoms with Gasteiger partial charge in [0.05, 0.1) is 10.1 Å². The number of hydrogen-bond acceptors (Lipinski definition) is 1. The Kier molecular flexibility index (Phi) is 3.44. The van der Waals surface area contributed by atoms with Crippen molar-refractivity contribution in [3.05, 3.63) is 69.7 Å². The maximum Gasteiger partial charge on any atom is 0.148 e. The summed E-state index contributed by atoms with van der Waals surface area (Å²) in [7, 11) is 0. The van der Waals surface area contributed by atoms with E-state index in [0.29, 0.717) is 20.8 Å². The van der Waals surface area contributed by atoms with Crippen LogP contribution in [0.1, 0.15) is 17.2 Å². The van der Waals surface area contributed by atoms with Crippen LogP contribution in [0.3, 0.4) is 0 Å². The lowest BCUT2D eigenvalue weighted by Gasteiger charge is -2.24. The molecule has 0 saturated carbocycles. The zero-order chi connectivity index (χ0) is 13.4. The summed E-state index contributed by atoms with van der Waals surface area (Å²) in [5, 5.41) is 1.60. The van der Waals surface area contributed by atoms with Crippen molar-refractivity contribution < 1.29 is 4.74 Å². The van der Waals surface area contributed by atoms with Crippen LogP contribution >= 0.6 is 34.8 Å². The fourth-order valence-electron chi connectivity index (χ4n) is 2.05. The molecule has 0 fully saturated rings. The van der Waals surface area contributed by atoms with Gasteiger partial charge in [-0.2, -0.15) is 0 Å². The third-order valence-corrected chi connectivity index (χ3v) is 3.76. The number of ether oxygens (including phenoxy) is 1. The minimum Gasteiger partial charge on any atom is -0.479 e. The van der Waals surface area contributed by atoms with Gasteiger partial charge < -0.3 is 4.74 Å². The van der Waals surface area contributed by atoms with E-state index in [1.165, 1.54) is 0 Å². The van der Waals surface area contributed by atoms with E-state index in [1.54, 1.807) is 12.1 Å². The second-order valence-corrected chi connectivity index (χ2v) is 5.48. The summed E-state index contributed by atoms with van der Waals surface area (Å²) in [6.45, 7) is 0. The molecule has 2 aromatic rings. The third-order valence-electron chi connectivity index (χ3n) is 2.94. The first kappa shape index (κ1) is 12.9. The zero-order valence-electron chi connectivity index (χ0n) is 9.74. The Morgan fingerprint density at radius 3 is 2.42 bits per heavy atom. The fraction of sp³-hybridized carbons (Fsp3) is 0.0667. The number of rotatable bonds is 1. The first-order valence-corrected chi connectivity index (χ1v) is 6.87. The molecule has 1 aliphatic heterocycles. The summed E-state index contributed by atoms with van der Waals surface area (Å²) in [5.41, 5.74) is 1.75. The highest BCUT2D eigenvalue weighted by Crippen LogP contribution is 2.44. The highest BCUT2D eigenvalue weighted by atomic mass is 35.5. The lowest BCUT2D eigenvalue weighted by Crippen LogP contribution is -2.10. The molecule has 1 aliphatic rings. The Balaban J connectivity index is 2.07. The Morgan fingerprint density at radius 1 is 0.947 bits per heavy atom. The van der Waals surface area contributed by atoms with E-state index < -0.39 is 0 Å². The van der Waals surface area contributed by atoms with Gasteiger partial charge in [-0.25, -0.2) is 0 Å². The predicted octanol–water partition coefficient (Wildman–Crippen LogP) is 5.71. The molecule has 0 aliphatic carbocycles. The third kappa shape index (κ3) is 2.46. The maximum atomic E-state index is 6.30. The van der Waals surface area contributed by atoms with Crippen molar-refractivity contribution >= 4 is 39.8 Å². The van der Waals surface area contributed by atoms with Crippen molar-refractivity contribution in [1.82, 2.24) is 0 Å². The molecule has 0 bridgehead atoms. The van der Waals surface area contributed by atoms with Crippen LogP contribution in [0.25, 0.3) is 5.03 Å². The molecule has 0 amide bonds. The molecule has 2 aromatic carbocycles. The molecule has 0 aromatic heterocycles. The van der Waals surface area contributed by atoms with Gasteiger partial charge in [-0.3, -0.25) is 0 Å². The monoisotopic (exact) mass is 310 g/mol. The first-order valence-electron chi connectivity index (χ1n) is 5.73. The average molecular weight is 312 g/mol. The van der Waals surface area contributed by atoms with Crippen molar-refractivity contribution in [2.45, 2.75) is 6.10 Å². The number of fused-ring (bicyclic) bond motifs is 1. The van der Waals surface area contributed by atoms with Crippen molar-refractivity contribution in [1.29, 1.82) is 0 Å².